The third kappa shape index (κ3) is 5.76. The Kier molecular flexibility index (Phi) is 5.90. The van der Waals surface area contributed by atoms with Gasteiger partial charge in [-0.05, 0) is 30.3 Å². The minimum Gasteiger partial charge on any atom is -0.326 e. The number of benzene rings is 1. The van der Waals surface area contributed by atoms with Gasteiger partial charge < -0.3 is 5.32 Å². The first kappa shape index (κ1) is 17.6. The lowest BCUT2D eigenvalue weighted by atomic mass is 10.3. The molecule has 2 rings (SSSR count). The molecule has 1 heterocycles. The molecule has 8 heteroatoms. The van der Waals surface area contributed by atoms with Crippen molar-refractivity contribution < 1.29 is 18.0 Å². The van der Waals surface area contributed by atoms with Crippen LogP contribution in [0.25, 0.3) is 0 Å². The van der Waals surface area contributed by atoms with Gasteiger partial charge in [-0.2, -0.15) is 13.2 Å². The van der Waals surface area contributed by atoms with E-state index in [1.54, 1.807) is 24.3 Å². The smallest absolute Gasteiger partial charge is 0.326 e. The number of pyridine rings is 1. The van der Waals surface area contributed by atoms with Crippen molar-refractivity contribution >= 4 is 35.0 Å². The Labute approximate surface area is 140 Å². The first-order valence-corrected chi connectivity index (χ1v) is 7.92. The van der Waals surface area contributed by atoms with Gasteiger partial charge in [0.05, 0.1) is 10.6 Å². The Hall–Kier alpha value is -1.73. The number of carbonyl (C=O) groups excluding carboxylic acids is 1. The fourth-order valence-electron chi connectivity index (χ4n) is 1.67. The second-order valence-corrected chi connectivity index (χ2v) is 6.09. The van der Waals surface area contributed by atoms with E-state index in [2.05, 4.69) is 10.3 Å². The number of hydrogen-bond donors (Lipinski definition) is 1. The molecule has 122 valence electrons. The zero-order valence-electron chi connectivity index (χ0n) is 11.7. The van der Waals surface area contributed by atoms with Crippen molar-refractivity contribution in [2.24, 2.45) is 0 Å². The van der Waals surface area contributed by atoms with Crippen LogP contribution in [-0.2, 0) is 11.0 Å². The maximum Gasteiger partial charge on any atom is 0.417 e. The fourth-order valence-corrected chi connectivity index (χ4v) is 2.65. The number of carbonyl (C=O) groups is 1. The van der Waals surface area contributed by atoms with Gasteiger partial charge in [-0.25, -0.2) is 4.98 Å². The van der Waals surface area contributed by atoms with Crippen LogP contribution >= 0.6 is 23.4 Å². The standard InChI is InChI=1S/C15H12ClF3N2OS/c16-11-2-1-3-12(8-11)21-13(22)6-7-23-14-5-4-10(9-20-14)15(17,18)19/h1-5,8-9H,6-7H2,(H,21,22). The summed E-state index contributed by atoms with van der Waals surface area (Å²) >= 11 is 7.03. The zero-order valence-corrected chi connectivity index (χ0v) is 13.3. The van der Waals surface area contributed by atoms with E-state index in [4.69, 9.17) is 11.6 Å². The Morgan fingerprint density at radius 2 is 2.04 bits per heavy atom. The summed E-state index contributed by atoms with van der Waals surface area (Å²) in [7, 11) is 0. The molecule has 0 bridgehead atoms. The molecule has 1 N–H and O–H groups in total. The fraction of sp³-hybridized carbons (Fsp3) is 0.200. The number of hydrogen-bond acceptors (Lipinski definition) is 3. The lowest BCUT2D eigenvalue weighted by molar-refractivity contribution is -0.137. The molecule has 0 spiro atoms. The molecule has 1 aromatic heterocycles. The van der Waals surface area contributed by atoms with Crippen LogP contribution in [-0.4, -0.2) is 16.6 Å². The molecule has 0 fully saturated rings. The Bertz CT molecular complexity index is 677. The van der Waals surface area contributed by atoms with Crippen LogP contribution in [0.5, 0.6) is 0 Å². The van der Waals surface area contributed by atoms with Crippen molar-refractivity contribution in [2.75, 3.05) is 11.1 Å². The molecule has 0 aliphatic heterocycles. The third-order valence-electron chi connectivity index (χ3n) is 2.75. The molecule has 1 amide bonds. The molecule has 0 unspecified atom stereocenters. The lowest BCUT2D eigenvalue weighted by Crippen LogP contribution is -2.12. The summed E-state index contributed by atoms with van der Waals surface area (Å²) in [4.78, 5) is 15.5. The highest BCUT2D eigenvalue weighted by molar-refractivity contribution is 7.99. The summed E-state index contributed by atoms with van der Waals surface area (Å²) in [6.45, 7) is 0. The van der Waals surface area contributed by atoms with Gasteiger partial charge in [-0.15, -0.1) is 11.8 Å². The van der Waals surface area contributed by atoms with Crippen LogP contribution in [0.4, 0.5) is 18.9 Å². The van der Waals surface area contributed by atoms with Crippen molar-refractivity contribution in [3.05, 3.63) is 53.2 Å². The van der Waals surface area contributed by atoms with Crippen LogP contribution in [0.1, 0.15) is 12.0 Å². The van der Waals surface area contributed by atoms with Crippen molar-refractivity contribution in [1.82, 2.24) is 4.98 Å². The lowest BCUT2D eigenvalue weighted by Gasteiger charge is -2.07. The van der Waals surface area contributed by atoms with E-state index in [0.717, 1.165) is 12.3 Å². The molecule has 0 aliphatic rings. The van der Waals surface area contributed by atoms with Gasteiger partial charge in [0.15, 0.2) is 0 Å². The monoisotopic (exact) mass is 360 g/mol. The number of nitrogens with one attached hydrogen (secondary N) is 1. The van der Waals surface area contributed by atoms with E-state index in [0.29, 0.717) is 21.5 Å². The molecule has 0 atom stereocenters. The van der Waals surface area contributed by atoms with Crippen LogP contribution < -0.4 is 5.32 Å². The summed E-state index contributed by atoms with van der Waals surface area (Å²) in [5, 5.41) is 3.65. The topological polar surface area (TPSA) is 42.0 Å². The number of halogens is 4. The normalized spacial score (nSPS) is 11.3. The van der Waals surface area contributed by atoms with E-state index >= 15 is 0 Å². The zero-order chi connectivity index (χ0) is 16.9. The summed E-state index contributed by atoms with van der Waals surface area (Å²) in [6, 6.07) is 9.03. The number of thioether (sulfide) groups is 1. The number of alkyl halides is 3. The Morgan fingerprint density at radius 1 is 1.26 bits per heavy atom. The van der Waals surface area contributed by atoms with Crippen LogP contribution in [0.15, 0.2) is 47.6 Å². The number of aromatic nitrogens is 1. The summed E-state index contributed by atoms with van der Waals surface area (Å²) < 4.78 is 37.2. The van der Waals surface area contributed by atoms with E-state index < -0.39 is 11.7 Å². The van der Waals surface area contributed by atoms with E-state index in [9.17, 15) is 18.0 Å². The second-order valence-electron chi connectivity index (χ2n) is 4.54. The van der Waals surface area contributed by atoms with Gasteiger partial charge in [0, 0.05) is 29.1 Å². The first-order valence-electron chi connectivity index (χ1n) is 6.56. The number of nitrogens with zero attached hydrogens (tertiary/aromatic N) is 1. The highest BCUT2D eigenvalue weighted by Gasteiger charge is 2.30. The molecular formula is C15H12ClF3N2OS. The largest absolute Gasteiger partial charge is 0.417 e. The van der Waals surface area contributed by atoms with Gasteiger partial charge in [0.1, 0.15) is 0 Å². The Morgan fingerprint density at radius 3 is 2.65 bits per heavy atom. The quantitative estimate of drug-likeness (QED) is 0.773. The first-order chi connectivity index (χ1) is 10.8. The van der Waals surface area contributed by atoms with Crippen molar-refractivity contribution in [3.8, 4) is 0 Å². The van der Waals surface area contributed by atoms with Crippen LogP contribution in [0.2, 0.25) is 5.02 Å². The van der Waals surface area contributed by atoms with Crippen LogP contribution in [0, 0.1) is 0 Å². The Balaban J connectivity index is 1.79. The van der Waals surface area contributed by atoms with E-state index in [1.807, 2.05) is 0 Å². The predicted octanol–water partition coefficient (Wildman–Crippen LogP) is 4.87. The highest BCUT2D eigenvalue weighted by Crippen LogP contribution is 2.29. The van der Waals surface area contributed by atoms with Gasteiger partial charge >= 0.3 is 6.18 Å². The minimum atomic E-state index is -4.40. The SMILES string of the molecule is O=C(CCSc1ccc(C(F)(F)F)cn1)Nc1cccc(Cl)c1. The molecule has 0 saturated carbocycles. The molecular weight excluding hydrogens is 349 g/mol. The number of anilines is 1. The van der Waals surface area contributed by atoms with E-state index in [1.165, 1.54) is 17.8 Å². The average molecular weight is 361 g/mol. The molecule has 0 saturated heterocycles. The van der Waals surface area contributed by atoms with Gasteiger partial charge in [-0.3, -0.25) is 4.79 Å². The second kappa shape index (κ2) is 7.70. The van der Waals surface area contributed by atoms with Gasteiger partial charge in [-0.1, -0.05) is 17.7 Å². The average Bonchev–Trinajstić information content (AvgIpc) is 2.47. The molecule has 3 nitrogen and oxygen atoms in total. The molecule has 2 aromatic rings. The maximum absolute atomic E-state index is 12.4. The minimum absolute atomic E-state index is 0.202. The summed E-state index contributed by atoms with van der Waals surface area (Å²) in [5.74, 6) is 0.205. The number of amides is 1. The van der Waals surface area contributed by atoms with E-state index in [-0.39, 0.29) is 12.3 Å². The number of rotatable bonds is 5. The molecule has 1 aromatic carbocycles. The van der Waals surface area contributed by atoms with Gasteiger partial charge in [0.25, 0.3) is 0 Å². The summed E-state index contributed by atoms with van der Waals surface area (Å²) in [5.41, 5.74) is -0.194. The summed E-state index contributed by atoms with van der Waals surface area (Å²) in [6.07, 6.45) is -3.40. The van der Waals surface area contributed by atoms with Crippen molar-refractivity contribution in [3.63, 3.8) is 0 Å². The maximum atomic E-state index is 12.4. The highest BCUT2D eigenvalue weighted by atomic mass is 35.5. The molecule has 0 aliphatic carbocycles. The molecule has 23 heavy (non-hydrogen) atoms. The predicted molar refractivity (Wildman–Crippen MR) is 84.7 cm³/mol. The van der Waals surface area contributed by atoms with Crippen molar-refractivity contribution in [1.29, 1.82) is 0 Å². The third-order valence-corrected chi connectivity index (χ3v) is 3.93. The van der Waals surface area contributed by atoms with Crippen molar-refractivity contribution in [2.45, 2.75) is 17.6 Å². The van der Waals surface area contributed by atoms with Crippen LogP contribution in [0.3, 0.4) is 0 Å². The molecule has 0 radical (unpaired) electrons. The van der Waals surface area contributed by atoms with Gasteiger partial charge in [0.2, 0.25) is 5.91 Å².